The number of halogens is 2. The van der Waals surface area contributed by atoms with E-state index in [9.17, 15) is 14.7 Å². The number of nitrogens with one attached hydrogen (secondary N) is 1. The third-order valence-corrected chi connectivity index (χ3v) is 4.46. The van der Waals surface area contributed by atoms with E-state index in [1.54, 1.807) is 6.07 Å². The SMILES string of the molecule is O=C(O)[C@H]1CC=CC[C@H]1C(=O)Nc1cc(Br)ccc1Br. The Kier molecular flexibility index (Phi) is 4.99. The Morgan fingerprint density at radius 3 is 2.45 bits per heavy atom. The molecule has 1 amide bonds. The standard InChI is InChI=1S/C14H13Br2NO3/c15-8-5-6-11(16)12(7-8)17-13(18)9-3-1-2-4-10(9)14(19)20/h1-2,5-7,9-10H,3-4H2,(H,17,18)(H,19,20)/t9-,10+/m1/s1. The highest BCUT2D eigenvalue weighted by Crippen LogP contribution is 2.30. The molecule has 0 aliphatic heterocycles. The Balaban J connectivity index is 2.16. The molecule has 0 radical (unpaired) electrons. The summed E-state index contributed by atoms with van der Waals surface area (Å²) in [4.78, 5) is 23.5. The smallest absolute Gasteiger partial charge is 0.307 e. The monoisotopic (exact) mass is 401 g/mol. The molecule has 2 atom stereocenters. The first-order chi connectivity index (χ1) is 9.49. The van der Waals surface area contributed by atoms with Gasteiger partial charge in [-0.05, 0) is 47.0 Å². The first-order valence-corrected chi connectivity index (χ1v) is 7.71. The van der Waals surface area contributed by atoms with Crippen LogP contribution < -0.4 is 5.32 Å². The third kappa shape index (κ3) is 3.49. The number of carboxylic acids is 1. The van der Waals surface area contributed by atoms with Crippen LogP contribution in [0.25, 0.3) is 0 Å². The van der Waals surface area contributed by atoms with Crippen LogP contribution in [0, 0.1) is 11.8 Å². The number of amides is 1. The van der Waals surface area contributed by atoms with Gasteiger partial charge in [-0.2, -0.15) is 0 Å². The van der Waals surface area contributed by atoms with Crippen molar-refractivity contribution in [2.75, 3.05) is 5.32 Å². The van der Waals surface area contributed by atoms with Crippen LogP contribution in [0.15, 0.2) is 39.3 Å². The van der Waals surface area contributed by atoms with E-state index >= 15 is 0 Å². The molecule has 0 saturated heterocycles. The van der Waals surface area contributed by atoms with Gasteiger partial charge in [-0.1, -0.05) is 28.1 Å². The van der Waals surface area contributed by atoms with Crippen LogP contribution in [0.1, 0.15) is 12.8 Å². The predicted octanol–water partition coefficient (Wildman–Crippen LogP) is 3.82. The number of hydrogen-bond donors (Lipinski definition) is 2. The molecule has 1 aromatic rings. The van der Waals surface area contributed by atoms with Gasteiger partial charge in [0.1, 0.15) is 0 Å². The molecule has 0 aromatic heterocycles. The largest absolute Gasteiger partial charge is 0.481 e. The van der Waals surface area contributed by atoms with Crippen LogP contribution in [0.2, 0.25) is 0 Å². The van der Waals surface area contributed by atoms with E-state index in [2.05, 4.69) is 37.2 Å². The average Bonchev–Trinajstić information content (AvgIpc) is 2.42. The number of allylic oxidation sites excluding steroid dienone is 2. The van der Waals surface area contributed by atoms with Crippen molar-refractivity contribution >= 4 is 49.4 Å². The Bertz CT molecular complexity index is 572. The fourth-order valence-electron chi connectivity index (χ4n) is 2.20. The minimum Gasteiger partial charge on any atom is -0.481 e. The molecule has 20 heavy (non-hydrogen) atoms. The van der Waals surface area contributed by atoms with Gasteiger partial charge in [-0.25, -0.2) is 0 Å². The first-order valence-electron chi connectivity index (χ1n) is 6.12. The van der Waals surface area contributed by atoms with Gasteiger partial charge in [-0.3, -0.25) is 9.59 Å². The van der Waals surface area contributed by atoms with E-state index in [1.807, 2.05) is 24.3 Å². The molecule has 6 heteroatoms. The molecule has 4 nitrogen and oxygen atoms in total. The zero-order valence-corrected chi connectivity index (χ0v) is 13.6. The summed E-state index contributed by atoms with van der Waals surface area (Å²) in [6.45, 7) is 0. The van der Waals surface area contributed by atoms with Gasteiger partial charge in [0.2, 0.25) is 5.91 Å². The second kappa shape index (κ2) is 6.54. The summed E-state index contributed by atoms with van der Waals surface area (Å²) in [7, 11) is 0. The van der Waals surface area contributed by atoms with E-state index in [1.165, 1.54) is 0 Å². The second-order valence-corrected chi connectivity index (χ2v) is 6.38. The summed E-state index contributed by atoms with van der Waals surface area (Å²) < 4.78 is 1.60. The molecule has 2 N–H and O–H groups in total. The van der Waals surface area contributed by atoms with E-state index in [-0.39, 0.29) is 5.91 Å². The lowest BCUT2D eigenvalue weighted by Gasteiger charge is -2.24. The van der Waals surface area contributed by atoms with E-state index in [0.717, 1.165) is 8.95 Å². The van der Waals surface area contributed by atoms with Crippen LogP contribution in [-0.4, -0.2) is 17.0 Å². The summed E-state index contributed by atoms with van der Waals surface area (Å²) >= 11 is 6.70. The molecule has 0 heterocycles. The maximum absolute atomic E-state index is 12.3. The Hall–Kier alpha value is -1.14. The van der Waals surface area contributed by atoms with Crippen molar-refractivity contribution in [1.82, 2.24) is 0 Å². The topological polar surface area (TPSA) is 66.4 Å². The fourth-order valence-corrected chi connectivity index (χ4v) is 2.90. The van der Waals surface area contributed by atoms with Crippen LogP contribution in [0.5, 0.6) is 0 Å². The van der Waals surface area contributed by atoms with Gasteiger partial charge in [-0.15, -0.1) is 0 Å². The zero-order valence-electron chi connectivity index (χ0n) is 10.5. The fraction of sp³-hybridized carbons (Fsp3) is 0.286. The lowest BCUT2D eigenvalue weighted by Crippen LogP contribution is -2.34. The Morgan fingerprint density at radius 1 is 1.15 bits per heavy atom. The number of carbonyl (C=O) groups is 2. The number of benzene rings is 1. The predicted molar refractivity (Wildman–Crippen MR) is 83.5 cm³/mol. The van der Waals surface area contributed by atoms with Crippen molar-refractivity contribution in [2.45, 2.75) is 12.8 Å². The van der Waals surface area contributed by atoms with Crippen molar-refractivity contribution in [3.05, 3.63) is 39.3 Å². The molecule has 1 aliphatic rings. The van der Waals surface area contributed by atoms with Gasteiger partial charge in [0.25, 0.3) is 0 Å². The van der Waals surface area contributed by atoms with E-state index in [0.29, 0.717) is 18.5 Å². The minimum absolute atomic E-state index is 0.263. The quantitative estimate of drug-likeness (QED) is 0.755. The Labute approximate surface area is 133 Å². The Morgan fingerprint density at radius 2 is 1.80 bits per heavy atom. The van der Waals surface area contributed by atoms with E-state index in [4.69, 9.17) is 0 Å². The lowest BCUT2D eigenvalue weighted by atomic mass is 9.82. The van der Waals surface area contributed by atoms with Crippen LogP contribution in [0.3, 0.4) is 0 Å². The highest BCUT2D eigenvalue weighted by Gasteiger charge is 2.34. The van der Waals surface area contributed by atoms with Crippen molar-refractivity contribution in [3.8, 4) is 0 Å². The van der Waals surface area contributed by atoms with Crippen molar-refractivity contribution in [3.63, 3.8) is 0 Å². The zero-order chi connectivity index (χ0) is 14.7. The molecule has 0 unspecified atom stereocenters. The summed E-state index contributed by atoms with van der Waals surface area (Å²) in [6, 6.07) is 5.44. The van der Waals surface area contributed by atoms with Crippen molar-refractivity contribution < 1.29 is 14.7 Å². The highest BCUT2D eigenvalue weighted by molar-refractivity contribution is 9.11. The molecule has 0 bridgehead atoms. The van der Waals surface area contributed by atoms with Crippen LogP contribution in [-0.2, 0) is 9.59 Å². The summed E-state index contributed by atoms with van der Waals surface area (Å²) in [6.07, 6.45) is 4.53. The molecular weight excluding hydrogens is 390 g/mol. The molecule has 106 valence electrons. The number of carbonyl (C=O) groups excluding carboxylic acids is 1. The van der Waals surface area contributed by atoms with Gasteiger partial charge in [0.15, 0.2) is 0 Å². The van der Waals surface area contributed by atoms with Gasteiger partial charge in [0, 0.05) is 8.95 Å². The molecule has 0 spiro atoms. The molecule has 1 aliphatic carbocycles. The minimum atomic E-state index is -0.928. The van der Waals surface area contributed by atoms with Gasteiger partial charge in [0.05, 0.1) is 17.5 Å². The normalized spacial score (nSPS) is 21.5. The number of anilines is 1. The molecule has 0 fully saturated rings. The maximum Gasteiger partial charge on any atom is 0.307 e. The molecule has 2 rings (SSSR count). The second-order valence-electron chi connectivity index (χ2n) is 4.61. The maximum atomic E-state index is 12.3. The summed E-state index contributed by atoms with van der Waals surface area (Å²) in [5, 5.41) is 12.0. The van der Waals surface area contributed by atoms with Gasteiger partial charge >= 0.3 is 5.97 Å². The van der Waals surface area contributed by atoms with Gasteiger partial charge < -0.3 is 10.4 Å². The summed E-state index contributed by atoms with van der Waals surface area (Å²) in [5.74, 6) is -2.39. The number of aliphatic carboxylic acids is 1. The summed E-state index contributed by atoms with van der Waals surface area (Å²) in [5.41, 5.74) is 0.628. The number of rotatable bonds is 3. The first kappa shape index (κ1) is 15.3. The van der Waals surface area contributed by atoms with Crippen LogP contribution in [0.4, 0.5) is 5.69 Å². The van der Waals surface area contributed by atoms with Crippen LogP contribution >= 0.6 is 31.9 Å². The molecule has 1 aromatic carbocycles. The molecule has 0 saturated carbocycles. The highest BCUT2D eigenvalue weighted by atomic mass is 79.9. The average molecular weight is 403 g/mol. The van der Waals surface area contributed by atoms with Crippen molar-refractivity contribution in [1.29, 1.82) is 0 Å². The number of hydrogen-bond acceptors (Lipinski definition) is 2. The lowest BCUT2D eigenvalue weighted by molar-refractivity contribution is -0.146. The van der Waals surface area contributed by atoms with E-state index < -0.39 is 17.8 Å². The number of carboxylic acid groups (broad SMARTS) is 1. The molecular formula is C14H13Br2NO3. The third-order valence-electron chi connectivity index (χ3n) is 3.27. The van der Waals surface area contributed by atoms with Crippen molar-refractivity contribution in [2.24, 2.45) is 11.8 Å².